The predicted octanol–water partition coefficient (Wildman–Crippen LogP) is 1.79. The van der Waals surface area contributed by atoms with Crippen molar-refractivity contribution in [3.63, 3.8) is 0 Å². The van der Waals surface area contributed by atoms with E-state index in [2.05, 4.69) is 10.0 Å². The molecule has 1 aliphatic carbocycles. The van der Waals surface area contributed by atoms with Gasteiger partial charge in [-0.3, -0.25) is 0 Å². The second kappa shape index (κ2) is 6.44. The molecule has 0 heterocycles. The van der Waals surface area contributed by atoms with E-state index < -0.39 is 22.0 Å². The third-order valence-corrected chi connectivity index (χ3v) is 4.82. The Balaban J connectivity index is 2.05. The zero-order chi connectivity index (χ0) is 15.5. The van der Waals surface area contributed by atoms with E-state index in [1.54, 1.807) is 12.1 Å². The summed E-state index contributed by atoms with van der Waals surface area (Å²) in [7, 11) is -3.46. The molecule has 7 heteroatoms. The number of hydrogen-bond acceptors (Lipinski definition) is 4. The van der Waals surface area contributed by atoms with Crippen molar-refractivity contribution in [3.05, 3.63) is 24.3 Å². The van der Waals surface area contributed by atoms with E-state index in [4.69, 9.17) is 5.11 Å². The Morgan fingerprint density at radius 2 is 1.95 bits per heavy atom. The van der Waals surface area contributed by atoms with Crippen LogP contribution in [0.2, 0.25) is 0 Å². The van der Waals surface area contributed by atoms with Gasteiger partial charge in [0.25, 0.3) is 0 Å². The molecule has 1 aliphatic rings. The van der Waals surface area contributed by atoms with Gasteiger partial charge in [-0.05, 0) is 43.5 Å². The molecule has 1 unspecified atom stereocenters. The molecule has 21 heavy (non-hydrogen) atoms. The maximum absolute atomic E-state index is 12.0. The minimum Gasteiger partial charge on any atom is -0.480 e. The monoisotopic (exact) mass is 312 g/mol. The lowest BCUT2D eigenvalue weighted by atomic mass is 10.1. The average Bonchev–Trinajstić information content (AvgIpc) is 3.22. The summed E-state index contributed by atoms with van der Waals surface area (Å²) in [5, 5.41) is 12.0. The molecular weight excluding hydrogens is 292 g/mol. The second-order valence-corrected chi connectivity index (χ2v) is 6.96. The molecule has 0 aliphatic heterocycles. The molecule has 0 saturated heterocycles. The van der Waals surface area contributed by atoms with Crippen molar-refractivity contribution in [2.75, 3.05) is 5.32 Å². The van der Waals surface area contributed by atoms with Gasteiger partial charge in [0, 0.05) is 11.7 Å². The van der Waals surface area contributed by atoms with Crippen molar-refractivity contribution in [2.45, 2.75) is 49.6 Å². The fraction of sp³-hybridized carbons (Fsp3) is 0.500. The normalized spacial score (nSPS) is 16.4. The maximum atomic E-state index is 12.0. The van der Waals surface area contributed by atoms with Crippen LogP contribution in [-0.2, 0) is 14.8 Å². The third kappa shape index (κ3) is 4.44. The van der Waals surface area contributed by atoms with Crippen molar-refractivity contribution in [1.29, 1.82) is 0 Å². The number of anilines is 1. The van der Waals surface area contributed by atoms with Crippen LogP contribution >= 0.6 is 0 Å². The fourth-order valence-corrected chi connectivity index (χ4v) is 3.27. The summed E-state index contributed by atoms with van der Waals surface area (Å²) < 4.78 is 26.6. The molecule has 1 aromatic rings. The van der Waals surface area contributed by atoms with Crippen LogP contribution < -0.4 is 10.0 Å². The number of benzene rings is 1. The van der Waals surface area contributed by atoms with E-state index in [0.717, 1.165) is 19.3 Å². The summed E-state index contributed by atoms with van der Waals surface area (Å²) in [5.41, 5.74) is 0.598. The van der Waals surface area contributed by atoms with Crippen molar-refractivity contribution in [2.24, 2.45) is 0 Å². The Labute approximate surface area is 124 Å². The molecule has 0 spiro atoms. The SMILES string of the molecule is CCCC(Nc1ccc(S(=O)(=O)NC2CC2)cc1)C(=O)O. The highest BCUT2D eigenvalue weighted by atomic mass is 32.2. The van der Waals surface area contributed by atoms with Crippen LogP contribution in [0.25, 0.3) is 0 Å². The van der Waals surface area contributed by atoms with Crippen LogP contribution in [0.4, 0.5) is 5.69 Å². The molecule has 116 valence electrons. The number of carboxylic acids is 1. The molecule has 0 aromatic heterocycles. The van der Waals surface area contributed by atoms with Crippen molar-refractivity contribution >= 4 is 21.7 Å². The van der Waals surface area contributed by atoms with Crippen LogP contribution in [0.15, 0.2) is 29.2 Å². The quantitative estimate of drug-likeness (QED) is 0.680. The zero-order valence-electron chi connectivity index (χ0n) is 11.9. The molecule has 3 N–H and O–H groups in total. The third-order valence-electron chi connectivity index (χ3n) is 3.28. The lowest BCUT2D eigenvalue weighted by molar-refractivity contribution is -0.138. The number of sulfonamides is 1. The zero-order valence-corrected chi connectivity index (χ0v) is 12.7. The predicted molar refractivity (Wildman–Crippen MR) is 79.7 cm³/mol. The number of aliphatic carboxylic acids is 1. The molecule has 1 aromatic carbocycles. The van der Waals surface area contributed by atoms with E-state index in [9.17, 15) is 13.2 Å². The fourth-order valence-electron chi connectivity index (χ4n) is 1.97. The molecule has 0 radical (unpaired) electrons. The van der Waals surface area contributed by atoms with E-state index >= 15 is 0 Å². The summed E-state index contributed by atoms with van der Waals surface area (Å²) in [6, 6.07) is 5.55. The summed E-state index contributed by atoms with van der Waals surface area (Å²) in [6.07, 6.45) is 3.03. The number of nitrogens with one attached hydrogen (secondary N) is 2. The van der Waals surface area contributed by atoms with Gasteiger partial charge in [-0.25, -0.2) is 17.9 Å². The smallest absolute Gasteiger partial charge is 0.326 e. The summed E-state index contributed by atoms with van der Waals surface area (Å²) >= 11 is 0. The van der Waals surface area contributed by atoms with Gasteiger partial charge in [0.15, 0.2) is 0 Å². The van der Waals surface area contributed by atoms with Gasteiger partial charge in [-0.15, -0.1) is 0 Å². The number of carboxylic acid groups (broad SMARTS) is 1. The van der Waals surface area contributed by atoms with Gasteiger partial charge in [-0.2, -0.15) is 0 Å². The minimum atomic E-state index is -3.46. The molecule has 1 saturated carbocycles. The maximum Gasteiger partial charge on any atom is 0.326 e. The molecular formula is C14H20N2O4S. The standard InChI is InChI=1S/C14H20N2O4S/c1-2-3-13(14(17)18)15-10-6-8-12(9-7-10)21(19,20)16-11-4-5-11/h6-9,11,13,15-16H,2-5H2,1H3,(H,17,18). The highest BCUT2D eigenvalue weighted by molar-refractivity contribution is 7.89. The largest absolute Gasteiger partial charge is 0.480 e. The lowest BCUT2D eigenvalue weighted by Crippen LogP contribution is -2.29. The van der Waals surface area contributed by atoms with Crippen LogP contribution in [0.5, 0.6) is 0 Å². The minimum absolute atomic E-state index is 0.0637. The molecule has 0 bridgehead atoms. The summed E-state index contributed by atoms with van der Waals surface area (Å²) in [5.74, 6) is -0.913. The Morgan fingerprint density at radius 3 is 2.43 bits per heavy atom. The molecule has 6 nitrogen and oxygen atoms in total. The van der Waals surface area contributed by atoms with E-state index in [-0.39, 0.29) is 10.9 Å². The first kappa shape index (κ1) is 15.8. The van der Waals surface area contributed by atoms with Gasteiger partial charge in [0.05, 0.1) is 4.90 Å². The van der Waals surface area contributed by atoms with Crippen LogP contribution in [0.3, 0.4) is 0 Å². The van der Waals surface area contributed by atoms with Gasteiger partial charge in [0.2, 0.25) is 10.0 Å². The van der Waals surface area contributed by atoms with E-state index in [1.807, 2.05) is 6.92 Å². The van der Waals surface area contributed by atoms with Gasteiger partial charge in [-0.1, -0.05) is 13.3 Å². The first-order valence-corrected chi connectivity index (χ1v) is 8.52. The molecule has 2 rings (SSSR count). The lowest BCUT2D eigenvalue weighted by Gasteiger charge is -2.15. The first-order valence-electron chi connectivity index (χ1n) is 7.04. The van der Waals surface area contributed by atoms with E-state index in [0.29, 0.717) is 12.1 Å². The number of carbonyl (C=O) groups is 1. The van der Waals surface area contributed by atoms with Crippen molar-refractivity contribution in [3.8, 4) is 0 Å². The first-order chi connectivity index (χ1) is 9.92. The van der Waals surface area contributed by atoms with Crippen LogP contribution in [-0.4, -0.2) is 31.6 Å². The molecule has 1 atom stereocenters. The molecule has 0 amide bonds. The second-order valence-electron chi connectivity index (χ2n) is 5.24. The van der Waals surface area contributed by atoms with Crippen molar-refractivity contribution in [1.82, 2.24) is 4.72 Å². The Bertz CT molecular complexity index is 594. The molecule has 1 fully saturated rings. The highest BCUT2D eigenvalue weighted by Gasteiger charge is 2.27. The van der Waals surface area contributed by atoms with Crippen LogP contribution in [0.1, 0.15) is 32.6 Å². The Kier molecular flexibility index (Phi) is 4.84. The Hall–Kier alpha value is -1.60. The van der Waals surface area contributed by atoms with E-state index in [1.165, 1.54) is 12.1 Å². The number of hydrogen-bond donors (Lipinski definition) is 3. The highest BCUT2D eigenvalue weighted by Crippen LogP contribution is 2.23. The van der Waals surface area contributed by atoms with Crippen molar-refractivity contribution < 1.29 is 18.3 Å². The average molecular weight is 312 g/mol. The van der Waals surface area contributed by atoms with Gasteiger partial charge in [0.1, 0.15) is 6.04 Å². The summed E-state index contributed by atoms with van der Waals surface area (Å²) in [4.78, 5) is 11.3. The van der Waals surface area contributed by atoms with Crippen LogP contribution in [0, 0.1) is 0 Å². The number of rotatable bonds is 8. The Morgan fingerprint density at radius 1 is 1.33 bits per heavy atom. The topological polar surface area (TPSA) is 95.5 Å². The van der Waals surface area contributed by atoms with Gasteiger partial charge >= 0.3 is 5.97 Å². The van der Waals surface area contributed by atoms with Gasteiger partial charge < -0.3 is 10.4 Å². The summed E-state index contributed by atoms with van der Waals surface area (Å²) in [6.45, 7) is 1.91.